The van der Waals surface area contributed by atoms with Gasteiger partial charge in [-0.15, -0.1) is 0 Å². The summed E-state index contributed by atoms with van der Waals surface area (Å²) in [6, 6.07) is 1.75. The van der Waals surface area contributed by atoms with E-state index >= 15 is 0 Å². The van der Waals surface area contributed by atoms with Gasteiger partial charge in [-0.3, -0.25) is 0 Å². The molecule has 0 unspecified atom stereocenters. The molecule has 1 aromatic carbocycles. The summed E-state index contributed by atoms with van der Waals surface area (Å²) in [4.78, 5) is 0. The third-order valence-electron chi connectivity index (χ3n) is 2.74. The fraction of sp³-hybridized carbons (Fsp3) is 0.250. The maximum absolute atomic E-state index is 6.16. The predicted octanol–water partition coefficient (Wildman–Crippen LogP) is 2.90. The van der Waals surface area contributed by atoms with Gasteiger partial charge in [-0.1, -0.05) is 16.8 Å². The van der Waals surface area contributed by atoms with E-state index in [9.17, 15) is 0 Å². The van der Waals surface area contributed by atoms with Crippen molar-refractivity contribution < 1.29 is 14.0 Å². The van der Waals surface area contributed by atoms with Crippen LogP contribution in [0, 0.1) is 6.92 Å². The van der Waals surface area contributed by atoms with Crippen LogP contribution in [0.2, 0.25) is 5.02 Å². The molecule has 0 radical (unpaired) electrons. The van der Waals surface area contributed by atoms with Gasteiger partial charge in [0.2, 0.25) is 5.88 Å². The zero-order chi connectivity index (χ0) is 13.3. The third kappa shape index (κ3) is 1.86. The number of methoxy groups -OCH3 is 2. The second kappa shape index (κ2) is 4.78. The van der Waals surface area contributed by atoms with Gasteiger partial charge in [-0.05, 0) is 18.6 Å². The Labute approximate surface area is 109 Å². The molecule has 0 bridgehead atoms. The minimum atomic E-state index is 0.237. The summed E-state index contributed by atoms with van der Waals surface area (Å²) in [6.07, 6.45) is 1.54. The number of nitrogens with zero attached hydrogens (tertiary/aromatic N) is 1. The summed E-state index contributed by atoms with van der Waals surface area (Å²) in [5, 5.41) is 4.09. The van der Waals surface area contributed by atoms with Crippen LogP contribution in [0.3, 0.4) is 0 Å². The molecule has 0 spiro atoms. The van der Waals surface area contributed by atoms with E-state index in [1.807, 2.05) is 6.92 Å². The van der Waals surface area contributed by atoms with Gasteiger partial charge in [0.25, 0.3) is 0 Å². The molecular weight excluding hydrogens is 256 g/mol. The topological polar surface area (TPSA) is 70.5 Å². The highest BCUT2D eigenvalue weighted by Crippen LogP contribution is 2.44. The molecule has 0 aliphatic rings. The van der Waals surface area contributed by atoms with Crippen molar-refractivity contribution in [2.24, 2.45) is 0 Å². The van der Waals surface area contributed by atoms with Crippen molar-refractivity contribution in [3.8, 4) is 22.6 Å². The number of hydrogen-bond acceptors (Lipinski definition) is 5. The highest BCUT2D eigenvalue weighted by molar-refractivity contribution is 6.32. The molecule has 0 fully saturated rings. The molecule has 0 aliphatic carbocycles. The van der Waals surface area contributed by atoms with Crippen molar-refractivity contribution >= 4 is 17.5 Å². The lowest BCUT2D eigenvalue weighted by Gasteiger charge is -2.15. The Morgan fingerprint density at radius 1 is 1.22 bits per heavy atom. The van der Waals surface area contributed by atoms with Crippen LogP contribution in [0.5, 0.6) is 11.5 Å². The van der Waals surface area contributed by atoms with Gasteiger partial charge in [0.15, 0.2) is 11.5 Å². The normalized spacial score (nSPS) is 10.4. The number of halogens is 1. The highest BCUT2D eigenvalue weighted by Gasteiger charge is 2.19. The van der Waals surface area contributed by atoms with Crippen LogP contribution in [0.1, 0.15) is 5.56 Å². The molecule has 0 amide bonds. The molecule has 2 aromatic rings. The first-order valence-corrected chi connectivity index (χ1v) is 5.59. The van der Waals surface area contributed by atoms with E-state index in [1.54, 1.807) is 19.4 Å². The smallest absolute Gasteiger partial charge is 0.229 e. The zero-order valence-corrected chi connectivity index (χ0v) is 11.0. The Morgan fingerprint density at radius 2 is 1.89 bits per heavy atom. The Balaban J connectivity index is 2.71. The second-order valence-electron chi connectivity index (χ2n) is 3.70. The number of benzene rings is 1. The van der Waals surface area contributed by atoms with Crippen LogP contribution >= 0.6 is 11.6 Å². The zero-order valence-electron chi connectivity index (χ0n) is 10.3. The summed E-state index contributed by atoms with van der Waals surface area (Å²) in [6.45, 7) is 1.89. The van der Waals surface area contributed by atoms with E-state index in [0.29, 0.717) is 22.1 Å². The van der Waals surface area contributed by atoms with Crippen LogP contribution < -0.4 is 15.2 Å². The van der Waals surface area contributed by atoms with Gasteiger partial charge in [0.05, 0.1) is 31.0 Å². The maximum atomic E-state index is 6.16. The van der Waals surface area contributed by atoms with E-state index < -0.39 is 0 Å². The molecule has 6 heteroatoms. The Hall–Kier alpha value is -1.88. The summed E-state index contributed by atoms with van der Waals surface area (Å²) >= 11 is 6.16. The summed E-state index contributed by atoms with van der Waals surface area (Å²) in [5.74, 6) is 1.30. The van der Waals surface area contributed by atoms with Crippen molar-refractivity contribution in [2.75, 3.05) is 20.0 Å². The van der Waals surface area contributed by atoms with E-state index in [0.717, 1.165) is 11.1 Å². The van der Waals surface area contributed by atoms with Crippen LogP contribution in [-0.4, -0.2) is 19.4 Å². The first-order valence-electron chi connectivity index (χ1n) is 5.21. The van der Waals surface area contributed by atoms with Crippen molar-refractivity contribution in [3.05, 3.63) is 22.8 Å². The molecule has 1 heterocycles. The van der Waals surface area contributed by atoms with Gasteiger partial charge in [-0.2, -0.15) is 0 Å². The van der Waals surface area contributed by atoms with Crippen LogP contribution in [-0.2, 0) is 0 Å². The number of aromatic nitrogens is 1. The largest absolute Gasteiger partial charge is 0.493 e. The number of nitrogen functional groups attached to an aromatic ring is 1. The average Bonchev–Trinajstić information content (AvgIpc) is 2.77. The van der Waals surface area contributed by atoms with Crippen molar-refractivity contribution in [1.29, 1.82) is 0 Å². The predicted molar refractivity (Wildman–Crippen MR) is 69.2 cm³/mol. The molecule has 0 aliphatic heterocycles. The molecule has 0 atom stereocenters. The molecule has 1 aromatic heterocycles. The lowest BCUT2D eigenvalue weighted by Crippen LogP contribution is -1.97. The third-order valence-corrected chi connectivity index (χ3v) is 3.02. The molecule has 0 saturated carbocycles. The van der Waals surface area contributed by atoms with Gasteiger partial charge in [0, 0.05) is 5.56 Å². The Bertz CT molecular complexity index is 581. The first kappa shape index (κ1) is 12.6. The lowest BCUT2D eigenvalue weighted by molar-refractivity contribution is 0.353. The van der Waals surface area contributed by atoms with Crippen LogP contribution in [0.25, 0.3) is 11.1 Å². The van der Waals surface area contributed by atoms with Crippen LogP contribution in [0.15, 0.2) is 16.8 Å². The quantitative estimate of drug-likeness (QED) is 0.927. The maximum Gasteiger partial charge on any atom is 0.229 e. The van der Waals surface area contributed by atoms with Crippen molar-refractivity contribution in [3.63, 3.8) is 0 Å². The molecule has 18 heavy (non-hydrogen) atoms. The fourth-order valence-corrected chi connectivity index (χ4v) is 2.14. The van der Waals surface area contributed by atoms with Crippen molar-refractivity contribution in [2.45, 2.75) is 6.92 Å². The molecule has 2 rings (SSSR count). The van der Waals surface area contributed by atoms with Crippen molar-refractivity contribution in [1.82, 2.24) is 5.16 Å². The van der Waals surface area contributed by atoms with E-state index in [1.165, 1.54) is 7.11 Å². The number of anilines is 1. The first-order chi connectivity index (χ1) is 8.60. The minimum Gasteiger partial charge on any atom is -0.493 e. The number of ether oxygens (including phenoxy) is 2. The number of rotatable bonds is 3. The van der Waals surface area contributed by atoms with Crippen LogP contribution in [0.4, 0.5) is 5.88 Å². The van der Waals surface area contributed by atoms with E-state index in [-0.39, 0.29) is 5.88 Å². The van der Waals surface area contributed by atoms with Gasteiger partial charge >= 0.3 is 0 Å². The van der Waals surface area contributed by atoms with Gasteiger partial charge < -0.3 is 19.7 Å². The summed E-state index contributed by atoms with van der Waals surface area (Å²) < 4.78 is 15.4. The number of hydrogen-bond donors (Lipinski definition) is 1. The molecular formula is C12H13ClN2O3. The average molecular weight is 269 g/mol. The minimum absolute atomic E-state index is 0.237. The second-order valence-corrected chi connectivity index (χ2v) is 4.11. The SMILES string of the molecule is COc1c(Cl)cc(-c2cnoc2N)c(C)c1OC. The van der Waals surface area contributed by atoms with E-state index in [4.69, 9.17) is 31.3 Å². The standard InChI is InChI=1S/C12H13ClN2O3/c1-6-7(8-5-15-18-12(8)14)4-9(13)11(17-3)10(6)16-2/h4-5H,14H2,1-3H3. The molecule has 96 valence electrons. The molecule has 5 nitrogen and oxygen atoms in total. The molecule has 0 saturated heterocycles. The Morgan fingerprint density at radius 3 is 2.39 bits per heavy atom. The molecule has 2 N–H and O–H groups in total. The fourth-order valence-electron chi connectivity index (χ4n) is 1.87. The monoisotopic (exact) mass is 268 g/mol. The summed E-state index contributed by atoms with van der Waals surface area (Å²) in [7, 11) is 3.10. The Kier molecular flexibility index (Phi) is 3.34. The van der Waals surface area contributed by atoms with E-state index in [2.05, 4.69) is 5.16 Å². The van der Waals surface area contributed by atoms with Gasteiger partial charge in [0.1, 0.15) is 0 Å². The summed E-state index contributed by atoms with van der Waals surface area (Å²) in [5.41, 5.74) is 8.04. The number of nitrogens with two attached hydrogens (primary N) is 1. The highest BCUT2D eigenvalue weighted by atomic mass is 35.5. The lowest BCUT2D eigenvalue weighted by atomic mass is 10.0. The van der Waals surface area contributed by atoms with Gasteiger partial charge in [-0.25, -0.2) is 0 Å².